The average Bonchev–Trinajstić information content (AvgIpc) is 3.11. The molecule has 2 aromatic carbocycles. The lowest BCUT2D eigenvalue weighted by Gasteiger charge is -2.26. The predicted molar refractivity (Wildman–Crippen MR) is 113 cm³/mol. The maximum Gasteiger partial charge on any atom is 0.255 e. The van der Waals surface area contributed by atoms with E-state index < -0.39 is 0 Å². The molecular formula is C23H27N3O2. The molecule has 1 fully saturated rings. The molecule has 1 aliphatic heterocycles. The second-order valence-corrected chi connectivity index (χ2v) is 7.49. The highest BCUT2D eigenvalue weighted by Crippen LogP contribution is 2.21. The van der Waals surface area contributed by atoms with Crippen molar-refractivity contribution in [2.45, 2.75) is 20.4 Å². The minimum atomic E-state index is -0.0748. The maximum absolute atomic E-state index is 12.6. The summed E-state index contributed by atoms with van der Waals surface area (Å²) >= 11 is 0. The van der Waals surface area contributed by atoms with Crippen molar-refractivity contribution < 1.29 is 9.53 Å². The number of morpholine rings is 1. The minimum Gasteiger partial charge on any atom is -0.379 e. The number of amides is 1. The third-order valence-corrected chi connectivity index (χ3v) is 5.56. The van der Waals surface area contributed by atoms with E-state index in [1.165, 1.54) is 11.1 Å². The van der Waals surface area contributed by atoms with Crippen LogP contribution in [-0.4, -0.2) is 48.2 Å². The molecule has 1 saturated heterocycles. The van der Waals surface area contributed by atoms with Gasteiger partial charge in [0.25, 0.3) is 5.91 Å². The number of carbonyl (C=O) groups excluding carboxylic acids is 1. The first-order chi connectivity index (χ1) is 13.6. The zero-order chi connectivity index (χ0) is 19.5. The van der Waals surface area contributed by atoms with E-state index in [4.69, 9.17) is 4.74 Å². The van der Waals surface area contributed by atoms with Gasteiger partial charge in [-0.3, -0.25) is 9.69 Å². The number of hydrogen-bond donors (Lipinski definition) is 1. The number of rotatable bonds is 5. The van der Waals surface area contributed by atoms with Crippen molar-refractivity contribution in [1.29, 1.82) is 0 Å². The number of ether oxygens (including phenoxy) is 1. The molecule has 0 aliphatic carbocycles. The number of aryl methyl sites for hydroxylation is 2. The molecular weight excluding hydrogens is 350 g/mol. The first-order valence-electron chi connectivity index (χ1n) is 9.88. The van der Waals surface area contributed by atoms with Crippen LogP contribution in [0.2, 0.25) is 0 Å². The molecule has 1 aliphatic rings. The Morgan fingerprint density at radius 2 is 1.82 bits per heavy atom. The van der Waals surface area contributed by atoms with Gasteiger partial charge in [0, 0.05) is 54.5 Å². The Kier molecular flexibility index (Phi) is 5.46. The van der Waals surface area contributed by atoms with Crippen molar-refractivity contribution in [3.05, 3.63) is 65.4 Å². The summed E-state index contributed by atoms with van der Waals surface area (Å²) in [5, 5.41) is 4.16. The topological polar surface area (TPSA) is 46.5 Å². The Hall–Kier alpha value is -2.63. The number of anilines is 1. The highest BCUT2D eigenvalue weighted by atomic mass is 16.5. The summed E-state index contributed by atoms with van der Waals surface area (Å²) in [6.45, 7) is 9.73. The molecule has 0 bridgehead atoms. The normalized spacial score (nSPS) is 15.1. The van der Waals surface area contributed by atoms with E-state index in [2.05, 4.69) is 40.0 Å². The smallest absolute Gasteiger partial charge is 0.255 e. The fourth-order valence-corrected chi connectivity index (χ4v) is 3.63. The molecule has 5 nitrogen and oxygen atoms in total. The van der Waals surface area contributed by atoms with E-state index in [0.717, 1.165) is 56.0 Å². The Morgan fingerprint density at radius 3 is 2.61 bits per heavy atom. The van der Waals surface area contributed by atoms with Crippen LogP contribution < -0.4 is 5.32 Å². The number of carbonyl (C=O) groups is 1. The van der Waals surface area contributed by atoms with Gasteiger partial charge in [0.15, 0.2) is 0 Å². The van der Waals surface area contributed by atoms with E-state index in [0.29, 0.717) is 5.56 Å². The van der Waals surface area contributed by atoms with Gasteiger partial charge in [0.1, 0.15) is 0 Å². The van der Waals surface area contributed by atoms with Crippen molar-refractivity contribution >= 4 is 22.5 Å². The molecule has 1 N–H and O–H groups in total. The van der Waals surface area contributed by atoms with Gasteiger partial charge in [0.05, 0.1) is 13.2 Å². The Labute approximate surface area is 165 Å². The van der Waals surface area contributed by atoms with E-state index >= 15 is 0 Å². The van der Waals surface area contributed by atoms with Gasteiger partial charge in [-0.2, -0.15) is 0 Å². The summed E-state index contributed by atoms with van der Waals surface area (Å²) in [7, 11) is 0. The van der Waals surface area contributed by atoms with E-state index in [1.54, 1.807) is 0 Å². The number of fused-ring (bicyclic) bond motifs is 1. The predicted octanol–water partition coefficient (Wildman–Crippen LogP) is 3.84. The van der Waals surface area contributed by atoms with Crippen LogP contribution in [0.15, 0.2) is 48.7 Å². The molecule has 1 amide bonds. The van der Waals surface area contributed by atoms with Crippen LogP contribution in [0.5, 0.6) is 0 Å². The molecule has 28 heavy (non-hydrogen) atoms. The van der Waals surface area contributed by atoms with Crippen LogP contribution in [0.4, 0.5) is 5.69 Å². The fraction of sp³-hybridized carbons (Fsp3) is 0.348. The van der Waals surface area contributed by atoms with Crippen molar-refractivity contribution in [3.8, 4) is 0 Å². The van der Waals surface area contributed by atoms with E-state index in [-0.39, 0.29) is 5.91 Å². The number of nitrogens with one attached hydrogen (secondary N) is 1. The van der Waals surface area contributed by atoms with Crippen LogP contribution in [-0.2, 0) is 11.3 Å². The lowest BCUT2D eigenvalue weighted by molar-refractivity contribution is 0.0365. The minimum absolute atomic E-state index is 0.0748. The Bertz CT molecular complexity index is 987. The summed E-state index contributed by atoms with van der Waals surface area (Å²) in [6.07, 6.45) is 2.13. The molecule has 0 radical (unpaired) electrons. The SMILES string of the molecule is Cc1ccc(C(=O)Nc2ccc3c(ccn3CCN3CCOCC3)c2)cc1C. The summed E-state index contributed by atoms with van der Waals surface area (Å²) in [6, 6.07) is 14.0. The summed E-state index contributed by atoms with van der Waals surface area (Å²) in [4.78, 5) is 15.0. The summed E-state index contributed by atoms with van der Waals surface area (Å²) < 4.78 is 7.69. The van der Waals surface area contributed by atoms with Crippen LogP contribution in [0.3, 0.4) is 0 Å². The second-order valence-electron chi connectivity index (χ2n) is 7.49. The molecule has 0 spiro atoms. The first-order valence-corrected chi connectivity index (χ1v) is 9.88. The average molecular weight is 377 g/mol. The van der Waals surface area contributed by atoms with Crippen LogP contribution in [0, 0.1) is 13.8 Å². The van der Waals surface area contributed by atoms with Crippen molar-refractivity contribution in [2.24, 2.45) is 0 Å². The molecule has 146 valence electrons. The standard InChI is InChI=1S/C23H27N3O2/c1-17-3-4-20(15-18(17)2)23(27)24-21-5-6-22-19(16-21)7-8-26(22)10-9-25-11-13-28-14-12-25/h3-8,15-16H,9-14H2,1-2H3,(H,24,27). The molecule has 3 aromatic rings. The van der Waals surface area contributed by atoms with Gasteiger partial charge >= 0.3 is 0 Å². The zero-order valence-electron chi connectivity index (χ0n) is 16.6. The van der Waals surface area contributed by atoms with Gasteiger partial charge in [-0.1, -0.05) is 6.07 Å². The van der Waals surface area contributed by atoms with Crippen molar-refractivity contribution in [2.75, 3.05) is 38.2 Å². The van der Waals surface area contributed by atoms with Gasteiger partial charge < -0.3 is 14.6 Å². The Morgan fingerprint density at radius 1 is 1.00 bits per heavy atom. The molecule has 5 heteroatoms. The molecule has 0 atom stereocenters. The van der Waals surface area contributed by atoms with Crippen LogP contribution >= 0.6 is 0 Å². The van der Waals surface area contributed by atoms with Gasteiger partial charge in [-0.05, 0) is 61.4 Å². The van der Waals surface area contributed by atoms with Gasteiger partial charge in [-0.25, -0.2) is 0 Å². The van der Waals surface area contributed by atoms with Crippen molar-refractivity contribution in [1.82, 2.24) is 9.47 Å². The lowest BCUT2D eigenvalue weighted by atomic mass is 10.1. The van der Waals surface area contributed by atoms with E-state index in [9.17, 15) is 4.79 Å². The summed E-state index contributed by atoms with van der Waals surface area (Å²) in [5.41, 5.74) is 5.02. The van der Waals surface area contributed by atoms with Crippen LogP contribution in [0.25, 0.3) is 10.9 Å². The largest absolute Gasteiger partial charge is 0.379 e. The van der Waals surface area contributed by atoms with Gasteiger partial charge in [-0.15, -0.1) is 0 Å². The third-order valence-electron chi connectivity index (χ3n) is 5.56. The molecule has 4 rings (SSSR count). The first kappa shape index (κ1) is 18.7. The quantitative estimate of drug-likeness (QED) is 0.735. The number of nitrogens with zero attached hydrogens (tertiary/aromatic N) is 2. The van der Waals surface area contributed by atoms with Gasteiger partial charge in [0.2, 0.25) is 0 Å². The second kappa shape index (κ2) is 8.17. The molecule has 0 unspecified atom stereocenters. The number of benzene rings is 2. The monoisotopic (exact) mass is 377 g/mol. The van der Waals surface area contributed by atoms with Crippen molar-refractivity contribution in [3.63, 3.8) is 0 Å². The van der Waals surface area contributed by atoms with Crippen LogP contribution in [0.1, 0.15) is 21.5 Å². The molecule has 2 heterocycles. The maximum atomic E-state index is 12.6. The highest BCUT2D eigenvalue weighted by Gasteiger charge is 2.11. The fourth-order valence-electron chi connectivity index (χ4n) is 3.63. The molecule has 1 aromatic heterocycles. The number of hydrogen-bond acceptors (Lipinski definition) is 3. The third kappa shape index (κ3) is 4.11. The lowest BCUT2D eigenvalue weighted by Crippen LogP contribution is -2.38. The highest BCUT2D eigenvalue weighted by molar-refractivity contribution is 6.05. The van der Waals surface area contributed by atoms with E-state index in [1.807, 2.05) is 37.3 Å². The summed E-state index contributed by atoms with van der Waals surface area (Å²) in [5.74, 6) is -0.0748. The Balaban J connectivity index is 1.44. The molecule has 0 saturated carbocycles. The number of aromatic nitrogens is 1. The zero-order valence-corrected chi connectivity index (χ0v) is 16.6.